The van der Waals surface area contributed by atoms with Crippen LogP contribution in [-0.4, -0.2) is 19.4 Å². The summed E-state index contributed by atoms with van der Waals surface area (Å²) in [5.41, 5.74) is 6.49. The van der Waals surface area contributed by atoms with Crippen LogP contribution in [0.2, 0.25) is 0 Å². The van der Waals surface area contributed by atoms with Gasteiger partial charge < -0.3 is 10.5 Å². The van der Waals surface area contributed by atoms with Crippen molar-refractivity contribution >= 4 is 5.78 Å². The molecule has 0 heterocycles. The van der Waals surface area contributed by atoms with Gasteiger partial charge in [-0.1, -0.05) is 25.1 Å². The normalized spacial score (nSPS) is 12.2. The van der Waals surface area contributed by atoms with Gasteiger partial charge in [0, 0.05) is 24.4 Å². The van der Waals surface area contributed by atoms with Crippen LogP contribution in [-0.2, 0) is 11.2 Å². The van der Waals surface area contributed by atoms with Crippen molar-refractivity contribution in [2.24, 2.45) is 11.7 Å². The van der Waals surface area contributed by atoms with Crippen molar-refractivity contribution in [3.05, 3.63) is 29.8 Å². The van der Waals surface area contributed by atoms with Gasteiger partial charge in [0.05, 0.1) is 7.11 Å². The van der Waals surface area contributed by atoms with Gasteiger partial charge in [-0.15, -0.1) is 0 Å². The van der Waals surface area contributed by atoms with E-state index in [2.05, 4.69) is 0 Å². The summed E-state index contributed by atoms with van der Waals surface area (Å²) in [5, 5.41) is 0. The molecule has 0 aliphatic heterocycles. The zero-order valence-electron chi connectivity index (χ0n) is 9.90. The van der Waals surface area contributed by atoms with Gasteiger partial charge in [-0.25, -0.2) is 0 Å². The summed E-state index contributed by atoms with van der Waals surface area (Å²) in [5.74, 6) is 0.919. The average molecular weight is 221 g/mol. The molecule has 1 unspecified atom stereocenters. The van der Waals surface area contributed by atoms with E-state index in [1.807, 2.05) is 31.2 Å². The van der Waals surface area contributed by atoms with Gasteiger partial charge in [-0.05, 0) is 12.5 Å². The first kappa shape index (κ1) is 12.7. The number of carbonyl (C=O) groups is 1. The molecule has 0 spiro atoms. The third-order valence-corrected chi connectivity index (χ3v) is 2.79. The summed E-state index contributed by atoms with van der Waals surface area (Å²) in [6.45, 7) is 2.40. The maximum Gasteiger partial charge on any atom is 0.141 e. The van der Waals surface area contributed by atoms with Crippen molar-refractivity contribution in [1.29, 1.82) is 0 Å². The minimum absolute atomic E-state index is 0.0371. The summed E-state index contributed by atoms with van der Waals surface area (Å²) in [7, 11) is 1.61. The van der Waals surface area contributed by atoms with Crippen molar-refractivity contribution in [2.45, 2.75) is 19.8 Å². The lowest BCUT2D eigenvalue weighted by Gasteiger charge is -2.12. The predicted octanol–water partition coefficient (Wildman–Crippen LogP) is 1.79. The Morgan fingerprint density at radius 1 is 1.44 bits per heavy atom. The second-order valence-corrected chi connectivity index (χ2v) is 3.80. The Hall–Kier alpha value is -1.35. The quantitative estimate of drug-likeness (QED) is 0.796. The van der Waals surface area contributed by atoms with Gasteiger partial charge in [0.1, 0.15) is 11.5 Å². The van der Waals surface area contributed by atoms with E-state index < -0.39 is 0 Å². The molecule has 3 nitrogen and oxygen atoms in total. The number of methoxy groups -OCH3 is 1. The third-order valence-electron chi connectivity index (χ3n) is 2.79. The summed E-state index contributed by atoms with van der Waals surface area (Å²) in [4.78, 5) is 11.9. The molecule has 0 saturated heterocycles. The molecule has 0 aliphatic carbocycles. The molecule has 0 bridgehead atoms. The number of rotatable bonds is 6. The molecule has 0 aromatic heterocycles. The molecule has 1 aromatic rings. The van der Waals surface area contributed by atoms with Gasteiger partial charge in [-0.3, -0.25) is 4.79 Å². The molecule has 0 radical (unpaired) electrons. The van der Waals surface area contributed by atoms with Crippen molar-refractivity contribution in [1.82, 2.24) is 0 Å². The molecule has 88 valence electrons. The lowest BCUT2D eigenvalue weighted by Crippen LogP contribution is -2.24. The van der Waals surface area contributed by atoms with Crippen LogP contribution in [0.4, 0.5) is 0 Å². The van der Waals surface area contributed by atoms with Crippen LogP contribution in [0.5, 0.6) is 5.75 Å². The number of ketones is 1. The smallest absolute Gasteiger partial charge is 0.141 e. The zero-order valence-corrected chi connectivity index (χ0v) is 9.90. The maximum absolute atomic E-state index is 11.9. The minimum atomic E-state index is -0.0371. The number of nitrogens with two attached hydrogens (primary N) is 1. The molecule has 1 aromatic carbocycles. The largest absolute Gasteiger partial charge is 0.496 e. The first-order valence-electron chi connectivity index (χ1n) is 5.57. The lowest BCUT2D eigenvalue weighted by atomic mass is 9.95. The van der Waals surface area contributed by atoms with Crippen molar-refractivity contribution in [2.75, 3.05) is 13.7 Å². The number of hydrogen-bond acceptors (Lipinski definition) is 3. The van der Waals surface area contributed by atoms with Gasteiger partial charge in [0.15, 0.2) is 0 Å². The Labute approximate surface area is 96.6 Å². The zero-order chi connectivity index (χ0) is 12.0. The number of para-hydroxylation sites is 1. The number of hydrogen-bond donors (Lipinski definition) is 1. The Kier molecular flexibility index (Phi) is 4.99. The van der Waals surface area contributed by atoms with E-state index in [1.165, 1.54) is 0 Å². The van der Waals surface area contributed by atoms with Crippen LogP contribution in [0.3, 0.4) is 0 Å². The fourth-order valence-corrected chi connectivity index (χ4v) is 1.71. The molecule has 1 atom stereocenters. The van der Waals surface area contributed by atoms with Gasteiger partial charge >= 0.3 is 0 Å². The van der Waals surface area contributed by atoms with E-state index in [1.54, 1.807) is 7.11 Å². The Balaban J connectivity index is 2.76. The SMILES string of the molecule is CCC(CN)C(=O)Cc1ccccc1OC. The van der Waals surface area contributed by atoms with E-state index in [0.29, 0.717) is 13.0 Å². The molecule has 3 heteroatoms. The molecular formula is C13H19NO2. The summed E-state index contributed by atoms with van der Waals surface area (Å²) in [6, 6.07) is 7.59. The van der Waals surface area contributed by atoms with Gasteiger partial charge in [0.2, 0.25) is 0 Å². The van der Waals surface area contributed by atoms with Crippen LogP contribution in [0.1, 0.15) is 18.9 Å². The van der Waals surface area contributed by atoms with Crippen LogP contribution in [0.15, 0.2) is 24.3 Å². The third kappa shape index (κ3) is 3.07. The van der Waals surface area contributed by atoms with Gasteiger partial charge in [0.25, 0.3) is 0 Å². The second-order valence-electron chi connectivity index (χ2n) is 3.80. The first-order chi connectivity index (χ1) is 7.72. The molecule has 0 aliphatic rings. The van der Waals surface area contributed by atoms with E-state index in [9.17, 15) is 4.79 Å². The van der Waals surface area contributed by atoms with Crippen LogP contribution < -0.4 is 10.5 Å². The fourth-order valence-electron chi connectivity index (χ4n) is 1.71. The summed E-state index contributed by atoms with van der Waals surface area (Å²) >= 11 is 0. The Bertz CT molecular complexity index is 346. The predicted molar refractivity (Wildman–Crippen MR) is 64.5 cm³/mol. The highest BCUT2D eigenvalue weighted by Gasteiger charge is 2.16. The number of Topliss-reactive ketones (excluding diaryl/α,β-unsaturated/α-hetero) is 1. The molecule has 0 saturated carbocycles. The number of benzene rings is 1. The van der Waals surface area contributed by atoms with Crippen LogP contribution >= 0.6 is 0 Å². The Morgan fingerprint density at radius 3 is 2.69 bits per heavy atom. The van der Waals surface area contributed by atoms with Crippen molar-refractivity contribution in [3.63, 3.8) is 0 Å². The lowest BCUT2D eigenvalue weighted by molar-refractivity contribution is -0.122. The molecule has 0 fully saturated rings. The van der Waals surface area contributed by atoms with Crippen molar-refractivity contribution in [3.8, 4) is 5.75 Å². The van der Waals surface area contributed by atoms with Gasteiger partial charge in [-0.2, -0.15) is 0 Å². The van der Waals surface area contributed by atoms with Crippen LogP contribution in [0.25, 0.3) is 0 Å². The average Bonchev–Trinajstić information content (AvgIpc) is 2.31. The van der Waals surface area contributed by atoms with Crippen LogP contribution in [0, 0.1) is 5.92 Å². The monoisotopic (exact) mass is 221 g/mol. The highest BCUT2D eigenvalue weighted by atomic mass is 16.5. The molecule has 0 amide bonds. The first-order valence-corrected chi connectivity index (χ1v) is 5.57. The summed E-state index contributed by atoms with van der Waals surface area (Å²) in [6.07, 6.45) is 1.20. The summed E-state index contributed by atoms with van der Waals surface area (Å²) < 4.78 is 5.21. The van der Waals surface area contributed by atoms with E-state index in [0.717, 1.165) is 17.7 Å². The second kappa shape index (κ2) is 6.28. The molecule has 16 heavy (non-hydrogen) atoms. The van der Waals surface area contributed by atoms with E-state index in [4.69, 9.17) is 10.5 Å². The van der Waals surface area contributed by atoms with Crippen molar-refractivity contribution < 1.29 is 9.53 Å². The molecule has 2 N–H and O–H groups in total. The highest BCUT2D eigenvalue weighted by molar-refractivity contribution is 5.84. The topological polar surface area (TPSA) is 52.3 Å². The maximum atomic E-state index is 11.9. The Morgan fingerprint density at radius 2 is 2.12 bits per heavy atom. The number of ether oxygens (including phenoxy) is 1. The van der Waals surface area contributed by atoms with E-state index >= 15 is 0 Å². The minimum Gasteiger partial charge on any atom is -0.496 e. The standard InChI is InChI=1S/C13H19NO2/c1-3-10(9-14)12(15)8-11-6-4-5-7-13(11)16-2/h4-7,10H,3,8-9,14H2,1-2H3. The molecular weight excluding hydrogens is 202 g/mol. The molecule has 1 rings (SSSR count). The number of carbonyl (C=O) groups excluding carboxylic acids is 1. The van der Waals surface area contributed by atoms with E-state index in [-0.39, 0.29) is 11.7 Å². The highest BCUT2D eigenvalue weighted by Crippen LogP contribution is 2.19. The fraction of sp³-hybridized carbons (Fsp3) is 0.462.